The van der Waals surface area contributed by atoms with Crippen LogP contribution in [0.2, 0.25) is 5.02 Å². The van der Waals surface area contributed by atoms with E-state index >= 15 is 0 Å². The van der Waals surface area contributed by atoms with Crippen LogP contribution < -0.4 is 4.90 Å². The van der Waals surface area contributed by atoms with E-state index in [9.17, 15) is 13.2 Å². The smallest absolute Gasteiger partial charge is 0.351 e. The van der Waals surface area contributed by atoms with Crippen LogP contribution in [0, 0.1) is 0 Å². The highest BCUT2D eigenvalue weighted by Gasteiger charge is 2.32. The fourth-order valence-corrected chi connectivity index (χ4v) is 3.20. The van der Waals surface area contributed by atoms with Crippen LogP contribution in [-0.2, 0) is 6.18 Å². The molecule has 0 aromatic carbocycles. The molecule has 1 aliphatic carbocycles. The molecule has 0 N–H and O–H groups in total. The maximum absolute atomic E-state index is 12.7. The van der Waals surface area contributed by atoms with Gasteiger partial charge in [-0.3, -0.25) is 0 Å². The molecule has 0 aliphatic heterocycles. The Kier molecular flexibility index (Phi) is 5.60. The number of nitrogens with zero attached hydrogens (tertiary/aromatic N) is 2. The zero-order valence-corrected chi connectivity index (χ0v) is 13.0. The predicted molar refractivity (Wildman–Crippen MR) is 79.2 cm³/mol. The van der Waals surface area contributed by atoms with Crippen molar-refractivity contribution < 1.29 is 13.2 Å². The first kappa shape index (κ1) is 16.7. The average Bonchev–Trinajstić information content (AvgIpc) is 2.45. The molecule has 1 aromatic rings. The molecule has 118 valence electrons. The van der Waals surface area contributed by atoms with Crippen molar-refractivity contribution in [3.8, 4) is 0 Å². The first-order chi connectivity index (χ1) is 9.93. The summed E-state index contributed by atoms with van der Waals surface area (Å²) in [5, 5.41) is 0.0283. The Morgan fingerprint density at radius 2 is 1.90 bits per heavy atom. The summed E-state index contributed by atoms with van der Waals surface area (Å²) in [6, 6.07) is 1.19. The summed E-state index contributed by atoms with van der Waals surface area (Å²) in [4.78, 5) is 5.91. The van der Waals surface area contributed by atoms with Crippen molar-refractivity contribution in [2.45, 2.75) is 44.3 Å². The van der Waals surface area contributed by atoms with Gasteiger partial charge < -0.3 is 4.90 Å². The van der Waals surface area contributed by atoms with E-state index in [1.165, 1.54) is 6.42 Å². The molecule has 0 unspecified atom stereocenters. The quantitative estimate of drug-likeness (QED) is 0.706. The highest BCUT2D eigenvalue weighted by Crippen LogP contribution is 2.35. The maximum Gasteiger partial charge on any atom is 0.417 e. The minimum absolute atomic E-state index is 0.0283. The van der Waals surface area contributed by atoms with Gasteiger partial charge in [-0.15, -0.1) is 11.6 Å². The molecule has 2 nitrogen and oxygen atoms in total. The van der Waals surface area contributed by atoms with Crippen LogP contribution in [-0.4, -0.2) is 23.5 Å². The summed E-state index contributed by atoms with van der Waals surface area (Å²) >= 11 is 11.9. The number of aromatic nitrogens is 1. The summed E-state index contributed by atoms with van der Waals surface area (Å²) in [6.07, 6.45) is 1.82. The molecule has 0 saturated heterocycles. The lowest BCUT2D eigenvalue weighted by atomic mass is 9.94. The zero-order valence-electron chi connectivity index (χ0n) is 11.5. The van der Waals surface area contributed by atoms with Crippen molar-refractivity contribution >= 4 is 29.0 Å². The monoisotopic (exact) mass is 340 g/mol. The third kappa shape index (κ3) is 4.16. The van der Waals surface area contributed by atoms with Gasteiger partial charge in [-0.1, -0.05) is 30.9 Å². The van der Waals surface area contributed by atoms with Gasteiger partial charge in [0, 0.05) is 24.7 Å². The molecule has 0 atom stereocenters. The van der Waals surface area contributed by atoms with E-state index in [0.29, 0.717) is 18.2 Å². The summed E-state index contributed by atoms with van der Waals surface area (Å²) in [5.74, 6) is 0.785. The largest absolute Gasteiger partial charge is 0.417 e. The number of rotatable bonds is 4. The van der Waals surface area contributed by atoms with Gasteiger partial charge in [-0.25, -0.2) is 4.98 Å². The molecule has 0 amide bonds. The zero-order chi connectivity index (χ0) is 15.5. The Bertz CT molecular complexity index is 474. The second-order valence-electron chi connectivity index (χ2n) is 5.20. The fourth-order valence-electron chi connectivity index (χ4n) is 2.74. The molecule has 2 rings (SSSR count). The van der Waals surface area contributed by atoms with Crippen LogP contribution >= 0.6 is 23.2 Å². The van der Waals surface area contributed by atoms with E-state index in [0.717, 1.165) is 37.9 Å². The molecule has 7 heteroatoms. The molecule has 1 fully saturated rings. The van der Waals surface area contributed by atoms with Crippen molar-refractivity contribution in [3.05, 3.63) is 22.8 Å². The maximum atomic E-state index is 12.7. The van der Waals surface area contributed by atoms with Gasteiger partial charge in [-0.05, 0) is 18.9 Å². The molecule has 1 aliphatic rings. The minimum Gasteiger partial charge on any atom is -0.351 e. The summed E-state index contributed by atoms with van der Waals surface area (Å²) in [6.45, 7) is 0.532. The van der Waals surface area contributed by atoms with E-state index in [4.69, 9.17) is 23.2 Å². The van der Waals surface area contributed by atoms with Gasteiger partial charge in [0.2, 0.25) is 0 Å². The number of alkyl halides is 4. The molecular formula is C14H17Cl2F3N2. The number of halogens is 5. The van der Waals surface area contributed by atoms with Gasteiger partial charge in [0.15, 0.2) is 0 Å². The Morgan fingerprint density at radius 3 is 2.43 bits per heavy atom. The number of hydrogen-bond acceptors (Lipinski definition) is 2. The topological polar surface area (TPSA) is 16.1 Å². The Morgan fingerprint density at radius 1 is 1.24 bits per heavy atom. The molecule has 1 aromatic heterocycles. The summed E-state index contributed by atoms with van der Waals surface area (Å²) in [7, 11) is 0. The van der Waals surface area contributed by atoms with Crippen molar-refractivity contribution in [2.75, 3.05) is 17.3 Å². The van der Waals surface area contributed by atoms with Crippen molar-refractivity contribution in [2.24, 2.45) is 0 Å². The third-order valence-electron chi connectivity index (χ3n) is 3.76. The normalized spacial score (nSPS) is 17.0. The summed E-state index contributed by atoms with van der Waals surface area (Å²) in [5.41, 5.74) is -0.828. The lowest BCUT2D eigenvalue weighted by molar-refractivity contribution is -0.137. The molecule has 1 saturated carbocycles. The minimum atomic E-state index is -4.43. The predicted octanol–water partition coefficient (Wildman–Crippen LogP) is 5.13. The van der Waals surface area contributed by atoms with Gasteiger partial charge in [0.05, 0.1) is 10.6 Å². The standard InChI is InChI=1S/C14H17Cl2F3N2/c15-6-7-21(11-4-2-1-3-5-11)13-12(16)8-10(9-20-13)14(17,18)19/h8-9,11H,1-7H2. The van der Waals surface area contributed by atoms with Crippen LogP contribution in [0.1, 0.15) is 37.7 Å². The number of pyridine rings is 1. The molecule has 1 heterocycles. The molecule has 21 heavy (non-hydrogen) atoms. The van der Waals surface area contributed by atoms with E-state index in [1.807, 2.05) is 4.90 Å². The van der Waals surface area contributed by atoms with Gasteiger partial charge in [0.1, 0.15) is 5.82 Å². The van der Waals surface area contributed by atoms with Gasteiger partial charge in [0.25, 0.3) is 0 Å². The second-order valence-corrected chi connectivity index (χ2v) is 5.99. The van der Waals surface area contributed by atoms with Gasteiger partial charge in [-0.2, -0.15) is 13.2 Å². The Labute approximate surface area is 132 Å². The molecule has 0 bridgehead atoms. The molecule has 0 spiro atoms. The van der Waals surface area contributed by atoms with Crippen LogP contribution in [0.25, 0.3) is 0 Å². The number of hydrogen-bond donors (Lipinski definition) is 0. The molecular weight excluding hydrogens is 324 g/mol. The lowest BCUT2D eigenvalue weighted by Gasteiger charge is -2.35. The second kappa shape index (κ2) is 7.05. The van der Waals surface area contributed by atoms with Gasteiger partial charge >= 0.3 is 6.18 Å². The van der Waals surface area contributed by atoms with Crippen LogP contribution in [0.3, 0.4) is 0 Å². The Hall–Kier alpha value is -0.680. The average molecular weight is 341 g/mol. The first-order valence-electron chi connectivity index (χ1n) is 6.99. The highest BCUT2D eigenvalue weighted by atomic mass is 35.5. The van der Waals surface area contributed by atoms with Crippen LogP contribution in [0.15, 0.2) is 12.3 Å². The Balaban J connectivity index is 2.27. The lowest BCUT2D eigenvalue weighted by Crippen LogP contribution is -2.39. The van der Waals surface area contributed by atoms with Crippen LogP contribution in [0.5, 0.6) is 0 Å². The van der Waals surface area contributed by atoms with E-state index in [1.54, 1.807) is 0 Å². The van der Waals surface area contributed by atoms with E-state index in [2.05, 4.69) is 4.98 Å². The van der Waals surface area contributed by atoms with Crippen molar-refractivity contribution in [3.63, 3.8) is 0 Å². The molecule has 0 radical (unpaired) electrons. The van der Waals surface area contributed by atoms with Crippen LogP contribution in [0.4, 0.5) is 19.0 Å². The van der Waals surface area contributed by atoms with E-state index in [-0.39, 0.29) is 11.1 Å². The number of anilines is 1. The summed E-state index contributed by atoms with van der Waals surface area (Å²) < 4.78 is 38.0. The van der Waals surface area contributed by atoms with Crippen molar-refractivity contribution in [1.29, 1.82) is 0 Å². The highest BCUT2D eigenvalue weighted by molar-refractivity contribution is 6.33. The first-order valence-corrected chi connectivity index (χ1v) is 7.90. The fraction of sp³-hybridized carbons (Fsp3) is 0.643. The third-order valence-corrected chi connectivity index (χ3v) is 4.21. The SMILES string of the molecule is FC(F)(F)c1cnc(N(CCCl)C2CCCCC2)c(Cl)c1. The van der Waals surface area contributed by atoms with Crippen molar-refractivity contribution in [1.82, 2.24) is 4.98 Å². The van der Waals surface area contributed by atoms with E-state index < -0.39 is 11.7 Å².